The molecule has 6 heteroatoms. The summed E-state index contributed by atoms with van der Waals surface area (Å²) in [4.78, 5) is 13.1. The van der Waals surface area contributed by atoms with Crippen LogP contribution in [0.15, 0.2) is 31.8 Å². The molecule has 0 aliphatic carbocycles. The predicted octanol–water partition coefficient (Wildman–Crippen LogP) is 1.94. The predicted molar refractivity (Wildman–Crippen MR) is 74.6 cm³/mol. The van der Waals surface area contributed by atoms with Crippen LogP contribution in [0.4, 0.5) is 0 Å². The number of likely N-dealkylation sites (N-methyl/N-ethyl adjacent to an activating group) is 1. The van der Waals surface area contributed by atoms with Crippen LogP contribution in [0.25, 0.3) is 0 Å². The van der Waals surface area contributed by atoms with Crippen molar-refractivity contribution in [3.05, 3.63) is 45.9 Å². The van der Waals surface area contributed by atoms with Gasteiger partial charge in [-0.2, -0.15) is 0 Å². The van der Waals surface area contributed by atoms with Crippen molar-refractivity contribution < 1.29 is 18.3 Å². The Kier molecular flexibility index (Phi) is 3.70. The summed E-state index contributed by atoms with van der Waals surface area (Å²) in [6.07, 6.45) is 0.869. The fourth-order valence-corrected chi connectivity index (χ4v) is 2.26. The molecule has 0 spiro atoms. The summed E-state index contributed by atoms with van der Waals surface area (Å²) >= 11 is 0. The van der Waals surface area contributed by atoms with Crippen molar-refractivity contribution in [1.29, 1.82) is 0 Å². The summed E-state index contributed by atoms with van der Waals surface area (Å²) in [5.74, 6) is 2.06. The topological polar surface area (TPSA) is 65.1 Å². The molecule has 2 heterocycles. The third kappa shape index (κ3) is 3.11. The first-order valence-electron chi connectivity index (χ1n) is 6.78. The molecule has 0 N–H and O–H groups in total. The molecule has 112 valence electrons. The Hall–Kier alpha value is -2.21. The van der Waals surface area contributed by atoms with Crippen molar-refractivity contribution >= 4 is 0 Å². The molecule has 1 aromatic heterocycles. The van der Waals surface area contributed by atoms with Gasteiger partial charge < -0.3 is 18.3 Å². The summed E-state index contributed by atoms with van der Waals surface area (Å²) in [6.45, 7) is 3.39. The average Bonchev–Trinajstić information content (AvgIpc) is 3.02. The highest BCUT2D eigenvalue weighted by molar-refractivity contribution is 5.44. The molecule has 6 nitrogen and oxygen atoms in total. The number of ether oxygens (including phenoxy) is 2. The van der Waals surface area contributed by atoms with Crippen molar-refractivity contribution in [3.8, 4) is 11.5 Å². The van der Waals surface area contributed by atoms with E-state index in [1.807, 2.05) is 25.2 Å². The highest BCUT2D eigenvalue weighted by Gasteiger charge is 2.14. The quantitative estimate of drug-likeness (QED) is 0.839. The maximum Gasteiger partial charge on any atom is 0.519 e. The number of nitrogens with zero attached hydrogens (tertiary/aromatic N) is 1. The first kappa shape index (κ1) is 13.8. The Balaban J connectivity index is 1.57. The summed E-state index contributed by atoms with van der Waals surface area (Å²) in [5, 5.41) is 0. The zero-order chi connectivity index (χ0) is 14.8. The van der Waals surface area contributed by atoms with E-state index >= 15 is 0 Å². The minimum atomic E-state index is -0.647. The van der Waals surface area contributed by atoms with Gasteiger partial charge in [0.25, 0.3) is 0 Å². The van der Waals surface area contributed by atoms with Gasteiger partial charge in [0.15, 0.2) is 17.3 Å². The molecule has 0 saturated carbocycles. The zero-order valence-corrected chi connectivity index (χ0v) is 12.0. The van der Waals surface area contributed by atoms with Crippen LogP contribution < -0.4 is 15.3 Å². The van der Waals surface area contributed by atoms with Crippen LogP contribution >= 0.6 is 0 Å². The normalized spacial score (nSPS) is 13.1. The number of aryl methyl sites for hydroxylation is 1. The average molecular weight is 291 g/mol. The van der Waals surface area contributed by atoms with Gasteiger partial charge in [-0.3, -0.25) is 4.90 Å². The molecule has 1 aliphatic heterocycles. The van der Waals surface area contributed by atoms with Crippen molar-refractivity contribution in [2.45, 2.75) is 19.9 Å². The molecule has 1 aliphatic rings. The highest BCUT2D eigenvalue weighted by Crippen LogP contribution is 2.32. The summed E-state index contributed by atoms with van der Waals surface area (Å²) in [7, 11) is 1.97. The van der Waals surface area contributed by atoms with Crippen LogP contribution in [0.3, 0.4) is 0 Å². The molecule has 0 atom stereocenters. The van der Waals surface area contributed by atoms with Gasteiger partial charge in [-0.05, 0) is 38.1 Å². The minimum Gasteiger partial charge on any atom is -0.454 e. The first-order valence-corrected chi connectivity index (χ1v) is 6.78. The van der Waals surface area contributed by atoms with E-state index < -0.39 is 5.82 Å². The van der Waals surface area contributed by atoms with E-state index in [0.29, 0.717) is 18.1 Å². The summed E-state index contributed by atoms with van der Waals surface area (Å²) < 4.78 is 20.5. The van der Waals surface area contributed by atoms with Crippen LogP contribution in [0, 0.1) is 6.92 Å². The molecule has 0 bridgehead atoms. The lowest BCUT2D eigenvalue weighted by molar-refractivity contribution is 0.174. The van der Waals surface area contributed by atoms with Crippen LogP contribution in [0.2, 0.25) is 0 Å². The maximum atomic E-state index is 11.0. The van der Waals surface area contributed by atoms with E-state index in [1.165, 1.54) is 5.56 Å². The Morgan fingerprint density at radius 2 is 2.00 bits per heavy atom. The van der Waals surface area contributed by atoms with E-state index in [4.69, 9.17) is 18.3 Å². The highest BCUT2D eigenvalue weighted by atomic mass is 16.7. The largest absolute Gasteiger partial charge is 0.519 e. The fraction of sp³-hybridized carbons (Fsp3) is 0.400. The van der Waals surface area contributed by atoms with Crippen molar-refractivity contribution in [2.75, 3.05) is 20.4 Å². The Bertz CT molecular complexity index is 688. The Morgan fingerprint density at radius 1 is 1.19 bits per heavy atom. The molecule has 3 rings (SSSR count). The molecular weight excluding hydrogens is 274 g/mol. The molecule has 2 aromatic rings. The molecule has 1 aromatic carbocycles. The van der Waals surface area contributed by atoms with Crippen LogP contribution in [-0.2, 0) is 13.0 Å². The molecule has 0 fully saturated rings. The van der Waals surface area contributed by atoms with Crippen molar-refractivity contribution in [2.24, 2.45) is 0 Å². The first-order chi connectivity index (χ1) is 10.1. The van der Waals surface area contributed by atoms with Crippen molar-refractivity contribution in [1.82, 2.24) is 4.90 Å². The van der Waals surface area contributed by atoms with Gasteiger partial charge in [0, 0.05) is 6.54 Å². The molecule has 0 saturated heterocycles. The van der Waals surface area contributed by atoms with Gasteiger partial charge >= 0.3 is 5.82 Å². The van der Waals surface area contributed by atoms with E-state index in [0.717, 1.165) is 24.5 Å². The maximum absolute atomic E-state index is 11.0. The van der Waals surface area contributed by atoms with Gasteiger partial charge in [-0.1, -0.05) is 6.07 Å². The standard InChI is InChI=1S/C15H17NO5/c1-10-14(21-15(17)20-10)8-16(2)6-5-11-3-4-12-13(7-11)19-9-18-12/h3-4,7H,5-6,8-9H2,1-2H3. The van der Waals surface area contributed by atoms with E-state index in [9.17, 15) is 4.79 Å². The van der Waals surface area contributed by atoms with Gasteiger partial charge in [0.05, 0.1) is 6.54 Å². The monoisotopic (exact) mass is 291 g/mol. The third-order valence-corrected chi connectivity index (χ3v) is 3.47. The SMILES string of the molecule is Cc1oc(=O)oc1CN(C)CCc1ccc2c(c1)OCO2. The second-order valence-electron chi connectivity index (χ2n) is 5.11. The fourth-order valence-electron chi connectivity index (χ4n) is 2.26. The van der Waals surface area contributed by atoms with Gasteiger partial charge in [0.2, 0.25) is 6.79 Å². The number of benzene rings is 1. The van der Waals surface area contributed by atoms with Gasteiger partial charge in [0.1, 0.15) is 5.76 Å². The molecular formula is C15H17NO5. The Morgan fingerprint density at radius 3 is 2.76 bits per heavy atom. The molecule has 0 unspecified atom stereocenters. The number of fused-ring (bicyclic) bond motifs is 1. The minimum absolute atomic E-state index is 0.289. The van der Waals surface area contributed by atoms with E-state index in [-0.39, 0.29) is 6.79 Å². The number of hydrogen-bond acceptors (Lipinski definition) is 6. The number of hydrogen-bond donors (Lipinski definition) is 0. The van der Waals surface area contributed by atoms with E-state index in [1.54, 1.807) is 6.92 Å². The lowest BCUT2D eigenvalue weighted by atomic mass is 10.1. The second kappa shape index (κ2) is 5.65. The zero-order valence-electron chi connectivity index (χ0n) is 12.0. The van der Waals surface area contributed by atoms with Crippen LogP contribution in [-0.4, -0.2) is 25.3 Å². The van der Waals surface area contributed by atoms with Crippen LogP contribution in [0.5, 0.6) is 11.5 Å². The summed E-state index contributed by atoms with van der Waals surface area (Å²) in [6, 6.07) is 5.96. The molecule has 21 heavy (non-hydrogen) atoms. The van der Waals surface area contributed by atoms with Gasteiger partial charge in [-0.25, -0.2) is 4.79 Å². The number of rotatable bonds is 5. The lowest BCUT2D eigenvalue weighted by Gasteiger charge is -2.15. The van der Waals surface area contributed by atoms with Crippen LogP contribution in [0.1, 0.15) is 17.1 Å². The third-order valence-electron chi connectivity index (χ3n) is 3.47. The Labute approximate surface area is 121 Å². The smallest absolute Gasteiger partial charge is 0.454 e. The molecule has 0 radical (unpaired) electrons. The lowest BCUT2D eigenvalue weighted by Crippen LogP contribution is -2.20. The second-order valence-corrected chi connectivity index (χ2v) is 5.11. The molecule has 0 amide bonds. The van der Waals surface area contributed by atoms with E-state index in [2.05, 4.69) is 4.90 Å². The summed E-state index contributed by atoms with van der Waals surface area (Å²) in [5.41, 5.74) is 1.18. The van der Waals surface area contributed by atoms with Crippen molar-refractivity contribution in [3.63, 3.8) is 0 Å². The van der Waals surface area contributed by atoms with Gasteiger partial charge in [-0.15, -0.1) is 0 Å².